The Morgan fingerprint density at radius 2 is 2.07 bits per heavy atom. The molecular formula is C11H5BrClNS. The maximum absolute atomic E-state index is 6.11. The summed E-state index contributed by atoms with van der Waals surface area (Å²) in [5, 5.41) is 2.81. The maximum atomic E-state index is 6.11. The number of hydrogen-bond acceptors (Lipinski definition) is 2. The van der Waals surface area contributed by atoms with E-state index in [0.29, 0.717) is 5.15 Å². The highest BCUT2D eigenvalue weighted by Gasteiger charge is 2.08. The fourth-order valence-electron chi connectivity index (χ4n) is 1.65. The van der Waals surface area contributed by atoms with Crippen molar-refractivity contribution in [3.63, 3.8) is 0 Å². The number of pyridine rings is 1. The lowest BCUT2D eigenvalue weighted by Gasteiger charge is -1.94. The molecule has 0 radical (unpaired) electrons. The van der Waals surface area contributed by atoms with Crippen LogP contribution in [0.3, 0.4) is 0 Å². The second-order valence-corrected chi connectivity index (χ2v) is 5.57. The number of fused-ring (bicyclic) bond motifs is 3. The summed E-state index contributed by atoms with van der Waals surface area (Å²) in [6.07, 6.45) is 1.75. The minimum absolute atomic E-state index is 0.580. The number of benzene rings is 1. The van der Waals surface area contributed by atoms with Crippen molar-refractivity contribution in [1.82, 2.24) is 4.98 Å². The molecule has 15 heavy (non-hydrogen) atoms. The van der Waals surface area contributed by atoms with Gasteiger partial charge in [-0.05, 0) is 24.3 Å². The molecule has 0 spiro atoms. The lowest BCUT2D eigenvalue weighted by Crippen LogP contribution is -1.73. The number of halogens is 2. The monoisotopic (exact) mass is 297 g/mol. The zero-order valence-electron chi connectivity index (χ0n) is 7.50. The molecule has 0 unspecified atom stereocenters. The van der Waals surface area contributed by atoms with Crippen LogP contribution < -0.4 is 0 Å². The van der Waals surface area contributed by atoms with Crippen LogP contribution in [0.15, 0.2) is 34.9 Å². The predicted molar refractivity (Wildman–Crippen MR) is 69.8 cm³/mol. The molecule has 4 heteroatoms. The van der Waals surface area contributed by atoms with Gasteiger partial charge in [-0.15, -0.1) is 11.3 Å². The van der Waals surface area contributed by atoms with Crippen LogP contribution in [0.1, 0.15) is 0 Å². The molecule has 0 aliphatic heterocycles. The van der Waals surface area contributed by atoms with E-state index >= 15 is 0 Å². The van der Waals surface area contributed by atoms with Gasteiger partial charge in [0.15, 0.2) is 0 Å². The first-order valence-corrected chi connectivity index (χ1v) is 6.37. The summed E-state index contributed by atoms with van der Waals surface area (Å²) in [4.78, 5) is 4.12. The van der Waals surface area contributed by atoms with E-state index in [1.807, 2.05) is 12.1 Å². The number of aromatic nitrogens is 1. The molecule has 1 aromatic carbocycles. The van der Waals surface area contributed by atoms with Crippen LogP contribution in [0, 0.1) is 0 Å². The van der Waals surface area contributed by atoms with E-state index < -0.39 is 0 Å². The van der Waals surface area contributed by atoms with Crippen LogP contribution in [-0.4, -0.2) is 4.98 Å². The average molecular weight is 299 g/mol. The summed E-state index contributed by atoms with van der Waals surface area (Å²) < 4.78 is 3.49. The van der Waals surface area contributed by atoms with E-state index in [0.717, 1.165) is 9.86 Å². The topological polar surface area (TPSA) is 12.9 Å². The predicted octanol–water partition coefficient (Wildman–Crippen LogP) is 4.87. The molecule has 0 saturated carbocycles. The van der Waals surface area contributed by atoms with Crippen molar-refractivity contribution in [3.05, 3.63) is 40.1 Å². The molecule has 0 aliphatic carbocycles. The summed E-state index contributed by atoms with van der Waals surface area (Å²) in [6, 6.07) is 8.22. The molecule has 2 heterocycles. The molecule has 0 amide bonds. The van der Waals surface area contributed by atoms with Crippen molar-refractivity contribution in [2.24, 2.45) is 0 Å². The molecule has 0 aliphatic rings. The summed E-state index contributed by atoms with van der Waals surface area (Å²) in [7, 11) is 0. The fourth-order valence-corrected chi connectivity index (χ4v) is 3.41. The summed E-state index contributed by atoms with van der Waals surface area (Å²) in [6.45, 7) is 0. The minimum Gasteiger partial charge on any atom is -0.244 e. The van der Waals surface area contributed by atoms with Crippen molar-refractivity contribution in [1.29, 1.82) is 0 Å². The highest BCUT2D eigenvalue weighted by Crippen LogP contribution is 2.37. The second kappa shape index (κ2) is 3.44. The van der Waals surface area contributed by atoms with Crippen LogP contribution in [0.25, 0.3) is 20.2 Å². The van der Waals surface area contributed by atoms with Gasteiger partial charge < -0.3 is 0 Å². The van der Waals surface area contributed by atoms with Gasteiger partial charge in [-0.25, -0.2) is 4.98 Å². The van der Waals surface area contributed by atoms with Gasteiger partial charge in [0, 0.05) is 30.8 Å². The molecule has 3 rings (SSSR count). The molecule has 74 valence electrons. The standard InChI is InChI=1S/C11H5BrClNS/c12-6-1-2-8-7(5-6)10-9(15-8)3-4-14-11(10)13/h1-5H. The Kier molecular flexibility index (Phi) is 2.20. The lowest BCUT2D eigenvalue weighted by molar-refractivity contribution is 1.37. The zero-order chi connectivity index (χ0) is 10.4. The number of nitrogens with zero attached hydrogens (tertiary/aromatic N) is 1. The molecular weight excluding hydrogens is 294 g/mol. The third-order valence-corrected chi connectivity index (χ3v) is 4.21. The van der Waals surface area contributed by atoms with E-state index in [2.05, 4.69) is 33.0 Å². The van der Waals surface area contributed by atoms with Gasteiger partial charge in [0.1, 0.15) is 5.15 Å². The summed E-state index contributed by atoms with van der Waals surface area (Å²) in [5.41, 5.74) is 0. The first-order valence-electron chi connectivity index (χ1n) is 4.38. The minimum atomic E-state index is 0.580. The Morgan fingerprint density at radius 3 is 2.93 bits per heavy atom. The van der Waals surface area contributed by atoms with E-state index in [1.54, 1.807) is 17.5 Å². The molecule has 0 atom stereocenters. The Bertz CT molecular complexity index is 662. The normalized spacial score (nSPS) is 11.3. The Balaban J connectivity index is 2.61. The van der Waals surface area contributed by atoms with E-state index in [9.17, 15) is 0 Å². The second-order valence-electron chi connectivity index (χ2n) is 3.22. The molecule has 1 nitrogen and oxygen atoms in total. The summed E-state index contributed by atoms with van der Waals surface area (Å²) >= 11 is 11.3. The van der Waals surface area contributed by atoms with Crippen LogP contribution >= 0.6 is 38.9 Å². The quantitative estimate of drug-likeness (QED) is 0.540. The van der Waals surface area contributed by atoms with Gasteiger partial charge >= 0.3 is 0 Å². The van der Waals surface area contributed by atoms with E-state index in [1.165, 1.54) is 14.8 Å². The number of rotatable bonds is 0. The van der Waals surface area contributed by atoms with E-state index in [4.69, 9.17) is 11.6 Å². The van der Waals surface area contributed by atoms with Crippen molar-refractivity contribution in [2.75, 3.05) is 0 Å². The molecule has 2 aromatic heterocycles. The first-order chi connectivity index (χ1) is 7.25. The number of hydrogen-bond donors (Lipinski definition) is 0. The van der Waals surface area contributed by atoms with Gasteiger partial charge in [0.2, 0.25) is 0 Å². The number of thiophene rings is 1. The third-order valence-electron chi connectivity index (χ3n) is 2.30. The zero-order valence-corrected chi connectivity index (χ0v) is 10.7. The first kappa shape index (κ1) is 9.58. The highest BCUT2D eigenvalue weighted by atomic mass is 79.9. The Morgan fingerprint density at radius 1 is 1.20 bits per heavy atom. The molecule has 0 saturated heterocycles. The maximum Gasteiger partial charge on any atom is 0.138 e. The SMILES string of the molecule is Clc1nccc2sc3ccc(Br)cc3c12. The molecule has 0 bridgehead atoms. The average Bonchev–Trinajstić information content (AvgIpc) is 2.57. The van der Waals surface area contributed by atoms with Crippen molar-refractivity contribution in [3.8, 4) is 0 Å². The summed E-state index contributed by atoms with van der Waals surface area (Å²) in [5.74, 6) is 0. The Hall–Kier alpha value is -0.640. The Labute approximate surface area is 104 Å². The van der Waals surface area contributed by atoms with E-state index in [-0.39, 0.29) is 0 Å². The van der Waals surface area contributed by atoms with Crippen LogP contribution in [0.5, 0.6) is 0 Å². The third kappa shape index (κ3) is 1.46. The van der Waals surface area contributed by atoms with Gasteiger partial charge in [0.05, 0.1) is 0 Å². The van der Waals surface area contributed by atoms with Gasteiger partial charge in [-0.2, -0.15) is 0 Å². The smallest absolute Gasteiger partial charge is 0.138 e. The molecule has 0 N–H and O–H groups in total. The molecule has 0 fully saturated rings. The van der Waals surface area contributed by atoms with Gasteiger partial charge in [-0.1, -0.05) is 27.5 Å². The van der Waals surface area contributed by atoms with Crippen LogP contribution in [0.4, 0.5) is 0 Å². The molecule has 3 aromatic rings. The van der Waals surface area contributed by atoms with Crippen molar-refractivity contribution in [2.45, 2.75) is 0 Å². The van der Waals surface area contributed by atoms with Crippen molar-refractivity contribution < 1.29 is 0 Å². The van der Waals surface area contributed by atoms with Crippen LogP contribution in [-0.2, 0) is 0 Å². The van der Waals surface area contributed by atoms with Crippen LogP contribution in [0.2, 0.25) is 5.15 Å². The lowest BCUT2D eigenvalue weighted by atomic mass is 10.2. The fraction of sp³-hybridized carbons (Fsp3) is 0. The van der Waals surface area contributed by atoms with Gasteiger partial charge in [0.25, 0.3) is 0 Å². The highest BCUT2D eigenvalue weighted by molar-refractivity contribution is 9.10. The van der Waals surface area contributed by atoms with Gasteiger partial charge in [-0.3, -0.25) is 0 Å². The largest absolute Gasteiger partial charge is 0.244 e. The van der Waals surface area contributed by atoms with Crippen molar-refractivity contribution >= 4 is 59.0 Å².